The Morgan fingerprint density at radius 1 is 1.40 bits per heavy atom. The number of amides is 1. The molecule has 1 saturated heterocycles. The number of pyridine rings is 1. The van der Waals surface area contributed by atoms with Crippen molar-refractivity contribution in [3.8, 4) is 0 Å². The van der Waals surface area contributed by atoms with Gasteiger partial charge in [0, 0.05) is 24.7 Å². The Bertz CT molecular complexity index is 334. The fourth-order valence-electron chi connectivity index (χ4n) is 1.70. The molecular formula is C11H13ClN2O. The van der Waals surface area contributed by atoms with Gasteiger partial charge in [0.2, 0.25) is 0 Å². The predicted octanol–water partition coefficient (Wildman–Crippen LogP) is 1.93. The summed E-state index contributed by atoms with van der Waals surface area (Å²) in [7, 11) is 0. The first kappa shape index (κ1) is 10.4. The maximum absolute atomic E-state index is 11.9. The summed E-state index contributed by atoms with van der Waals surface area (Å²) >= 11 is 5.98. The number of alkyl halides is 1. The number of halogens is 1. The molecule has 15 heavy (non-hydrogen) atoms. The van der Waals surface area contributed by atoms with Gasteiger partial charge < -0.3 is 4.90 Å². The van der Waals surface area contributed by atoms with Gasteiger partial charge in [-0.15, -0.1) is 11.6 Å². The Hall–Kier alpha value is -1.09. The van der Waals surface area contributed by atoms with Crippen molar-refractivity contribution in [2.75, 3.05) is 13.1 Å². The van der Waals surface area contributed by atoms with Gasteiger partial charge in [-0.25, -0.2) is 0 Å². The molecule has 1 fully saturated rings. The van der Waals surface area contributed by atoms with Crippen molar-refractivity contribution in [2.45, 2.75) is 18.2 Å². The smallest absolute Gasteiger partial charge is 0.272 e. The van der Waals surface area contributed by atoms with Crippen LogP contribution in [-0.4, -0.2) is 34.3 Å². The van der Waals surface area contributed by atoms with Crippen LogP contribution in [0, 0.1) is 0 Å². The highest BCUT2D eigenvalue weighted by Gasteiger charge is 2.22. The molecule has 80 valence electrons. The van der Waals surface area contributed by atoms with Crippen LogP contribution in [0.3, 0.4) is 0 Å². The summed E-state index contributed by atoms with van der Waals surface area (Å²) in [5.74, 6) is 0.0131. The first-order chi connectivity index (χ1) is 7.27. The molecule has 0 unspecified atom stereocenters. The Kier molecular flexibility index (Phi) is 3.21. The number of carbonyl (C=O) groups is 1. The molecule has 0 atom stereocenters. The highest BCUT2D eigenvalue weighted by molar-refractivity contribution is 6.20. The summed E-state index contributed by atoms with van der Waals surface area (Å²) in [6.07, 6.45) is 3.39. The number of rotatable bonds is 1. The highest BCUT2D eigenvalue weighted by Crippen LogP contribution is 2.16. The SMILES string of the molecule is O=C(c1ccccn1)N1CCC(Cl)CC1. The average molecular weight is 225 g/mol. The van der Waals surface area contributed by atoms with E-state index in [4.69, 9.17) is 11.6 Å². The molecule has 2 heterocycles. The Labute approximate surface area is 94.1 Å². The van der Waals surface area contributed by atoms with Crippen LogP contribution in [0.1, 0.15) is 23.3 Å². The van der Waals surface area contributed by atoms with Crippen LogP contribution >= 0.6 is 11.6 Å². The lowest BCUT2D eigenvalue weighted by molar-refractivity contribution is 0.0720. The first-order valence-corrected chi connectivity index (χ1v) is 5.55. The molecule has 1 aliphatic heterocycles. The average Bonchev–Trinajstić information content (AvgIpc) is 2.30. The zero-order valence-electron chi connectivity index (χ0n) is 8.40. The van der Waals surface area contributed by atoms with Crippen molar-refractivity contribution >= 4 is 17.5 Å². The van der Waals surface area contributed by atoms with Crippen LogP contribution in [0.2, 0.25) is 0 Å². The van der Waals surface area contributed by atoms with Crippen LogP contribution in [0.4, 0.5) is 0 Å². The largest absolute Gasteiger partial charge is 0.337 e. The summed E-state index contributed by atoms with van der Waals surface area (Å²) in [6.45, 7) is 1.48. The molecule has 1 aliphatic rings. The molecule has 1 amide bonds. The fraction of sp³-hybridized carbons (Fsp3) is 0.455. The molecule has 0 aromatic carbocycles. The number of aromatic nitrogens is 1. The molecule has 0 spiro atoms. The highest BCUT2D eigenvalue weighted by atomic mass is 35.5. The van der Waals surface area contributed by atoms with E-state index in [1.165, 1.54) is 0 Å². The Morgan fingerprint density at radius 2 is 2.13 bits per heavy atom. The van der Waals surface area contributed by atoms with Gasteiger partial charge in [-0.3, -0.25) is 9.78 Å². The number of hydrogen-bond acceptors (Lipinski definition) is 2. The summed E-state index contributed by atoms with van der Waals surface area (Å²) in [4.78, 5) is 17.8. The van der Waals surface area contributed by atoms with E-state index in [1.807, 2.05) is 17.0 Å². The summed E-state index contributed by atoms with van der Waals surface area (Å²) < 4.78 is 0. The van der Waals surface area contributed by atoms with Gasteiger partial charge in [-0.2, -0.15) is 0 Å². The van der Waals surface area contributed by atoms with E-state index >= 15 is 0 Å². The van der Waals surface area contributed by atoms with E-state index in [0.717, 1.165) is 25.9 Å². The lowest BCUT2D eigenvalue weighted by Gasteiger charge is -2.28. The van der Waals surface area contributed by atoms with Gasteiger partial charge in [-0.1, -0.05) is 6.07 Å². The van der Waals surface area contributed by atoms with Crippen molar-refractivity contribution in [1.29, 1.82) is 0 Å². The standard InChI is InChI=1S/C11H13ClN2O/c12-9-4-7-14(8-5-9)11(15)10-3-1-2-6-13-10/h1-3,6,9H,4-5,7-8H2. The minimum absolute atomic E-state index is 0.0131. The van der Waals surface area contributed by atoms with Crippen LogP contribution < -0.4 is 0 Å². The van der Waals surface area contributed by atoms with E-state index in [-0.39, 0.29) is 11.3 Å². The second-order valence-corrected chi connectivity index (χ2v) is 4.30. The maximum Gasteiger partial charge on any atom is 0.272 e. The predicted molar refractivity (Wildman–Crippen MR) is 59.0 cm³/mol. The number of nitrogens with zero attached hydrogens (tertiary/aromatic N) is 2. The van der Waals surface area contributed by atoms with E-state index in [9.17, 15) is 4.79 Å². The third-order valence-corrected chi connectivity index (χ3v) is 3.03. The Morgan fingerprint density at radius 3 is 2.73 bits per heavy atom. The molecule has 2 rings (SSSR count). The number of piperidine rings is 1. The van der Waals surface area contributed by atoms with Gasteiger partial charge in [0.05, 0.1) is 0 Å². The molecule has 0 bridgehead atoms. The quantitative estimate of drug-likeness (QED) is 0.683. The fourth-order valence-corrected chi connectivity index (χ4v) is 1.90. The van der Waals surface area contributed by atoms with Crippen molar-refractivity contribution in [3.05, 3.63) is 30.1 Å². The molecule has 3 nitrogen and oxygen atoms in total. The monoisotopic (exact) mass is 224 g/mol. The normalized spacial score (nSPS) is 17.8. The third kappa shape index (κ3) is 2.48. The van der Waals surface area contributed by atoms with Crippen LogP contribution in [0.15, 0.2) is 24.4 Å². The zero-order valence-corrected chi connectivity index (χ0v) is 9.15. The van der Waals surface area contributed by atoms with Crippen LogP contribution in [0.25, 0.3) is 0 Å². The molecule has 0 N–H and O–H groups in total. The van der Waals surface area contributed by atoms with Gasteiger partial charge in [-0.05, 0) is 25.0 Å². The van der Waals surface area contributed by atoms with Gasteiger partial charge in [0.15, 0.2) is 0 Å². The summed E-state index contributed by atoms with van der Waals surface area (Å²) in [5, 5.41) is 0.220. The van der Waals surface area contributed by atoms with Gasteiger partial charge in [0.1, 0.15) is 5.69 Å². The minimum Gasteiger partial charge on any atom is -0.337 e. The molecule has 4 heteroatoms. The second kappa shape index (κ2) is 4.62. The molecular weight excluding hydrogens is 212 g/mol. The lowest BCUT2D eigenvalue weighted by atomic mass is 10.1. The molecule has 0 aliphatic carbocycles. The molecule has 1 aromatic rings. The van der Waals surface area contributed by atoms with E-state index in [0.29, 0.717) is 5.69 Å². The van der Waals surface area contributed by atoms with Crippen molar-refractivity contribution in [1.82, 2.24) is 9.88 Å². The van der Waals surface area contributed by atoms with E-state index in [2.05, 4.69) is 4.98 Å². The van der Waals surface area contributed by atoms with Crippen molar-refractivity contribution in [2.24, 2.45) is 0 Å². The zero-order chi connectivity index (χ0) is 10.7. The van der Waals surface area contributed by atoms with E-state index in [1.54, 1.807) is 12.3 Å². The third-order valence-electron chi connectivity index (χ3n) is 2.60. The second-order valence-electron chi connectivity index (χ2n) is 3.68. The van der Waals surface area contributed by atoms with Gasteiger partial charge in [0.25, 0.3) is 5.91 Å². The Balaban J connectivity index is 2.03. The first-order valence-electron chi connectivity index (χ1n) is 5.12. The van der Waals surface area contributed by atoms with Crippen molar-refractivity contribution in [3.63, 3.8) is 0 Å². The number of carbonyl (C=O) groups excluding carboxylic acids is 1. The van der Waals surface area contributed by atoms with Crippen LogP contribution in [0.5, 0.6) is 0 Å². The number of hydrogen-bond donors (Lipinski definition) is 0. The topological polar surface area (TPSA) is 33.2 Å². The minimum atomic E-state index is 0.0131. The summed E-state index contributed by atoms with van der Waals surface area (Å²) in [5.41, 5.74) is 0.519. The molecule has 0 radical (unpaired) electrons. The van der Waals surface area contributed by atoms with Crippen LogP contribution in [-0.2, 0) is 0 Å². The van der Waals surface area contributed by atoms with Crippen molar-refractivity contribution < 1.29 is 4.79 Å². The molecule has 0 saturated carbocycles. The number of likely N-dealkylation sites (tertiary alicyclic amines) is 1. The molecule has 1 aromatic heterocycles. The van der Waals surface area contributed by atoms with E-state index < -0.39 is 0 Å². The van der Waals surface area contributed by atoms with Gasteiger partial charge >= 0.3 is 0 Å². The summed E-state index contributed by atoms with van der Waals surface area (Å²) in [6, 6.07) is 5.38. The maximum atomic E-state index is 11.9. The lowest BCUT2D eigenvalue weighted by Crippen LogP contribution is -2.39.